The van der Waals surface area contributed by atoms with Gasteiger partial charge in [0.15, 0.2) is 0 Å². The molecule has 0 aromatic heterocycles. The van der Waals surface area contributed by atoms with Gasteiger partial charge in [-0.3, -0.25) is 4.79 Å². The molecule has 0 bridgehead atoms. The molecule has 22 heavy (non-hydrogen) atoms. The first kappa shape index (κ1) is 15.1. The van der Waals surface area contributed by atoms with E-state index in [2.05, 4.69) is 47.0 Å². The maximum absolute atomic E-state index is 12.2. The number of benzene rings is 2. The molecule has 4 heteroatoms. The first-order chi connectivity index (χ1) is 10.3. The molecule has 0 saturated carbocycles. The molecule has 2 aromatic carbocycles. The van der Waals surface area contributed by atoms with Crippen LogP contribution in [0.15, 0.2) is 42.5 Å². The van der Waals surface area contributed by atoms with Crippen molar-refractivity contribution in [1.29, 1.82) is 0 Å². The van der Waals surface area contributed by atoms with Gasteiger partial charge in [0.05, 0.1) is 5.92 Å². The molecule has 1 unspecified atom stereocenters. The lowest BCUT2D eigenvalue weighted by Crippen LogP contribution is -2.24. The van der Waals surface area contributed by atoms with Crippen molar-refractivity contribution in [2.45, 2.75) is 12.8 Å². The van der Waals surface area contributed by atoms with Crippen molar-refractivity contribution >= 4 is 24.0 Å². The number of carbonyl (C=O) groups excluding carboxylic acids is 1. The van der Waals surface area contributed by atoms with Gasteiger partial charge in [0, 0.05) is 12.2 Å². The Morgan fingerprint density at radius 3 is 2.73 bits per heavy atom. The molecule has 0 radical (unpaired) electrons. The maximum Gasteiger partial charge on any atom is 0.228 e. The summed E-state index contributed by atoms with van der Waals surface area (Å²) in [5.74, 6) is 0.242. The number of carbonyl (C=O) groups is 1. The summed E-state index contributed by atoms with van der Waals surface area (Å²) in [6.45, 7) is 1.74. The minimum absolute atomic E-state index is 0. The molecule has 2 aromatic rings. The monoisotopic (exact) mass is 314 g/mol. The third-order valence-electron chi connectivity index (χ3n) is 4.49. The van der Waals surface area contributed by atoms with Crippen LogP contribution >= 0.6 is 12.4 Å². The minimum Gasteiger partial charge on any atom is -0.326 e. The van der Waals surface area contributed by atoms with E-state index in [-0.39, 0.29) is 24.2 Å². The SMILES string of the molecule is Cl.O=C(Nc1ccc2c(c1)Cc1ccccc1-2)C1CCNC1. The molecule has 3 nitrogen and oxygen atoms in total. The highest BCUT2D eigenvalue weighted by Crippen LogP contribution is 2.37. The molecule has 1 heterocycles. The second-order valence-electron chi connectivity index (χ2n) is 5.88. The molecule has 2 N–H and O–H groups in total. The predicted molar refractivity (Wildman–Crippen MR) is 91.5 cm³/mol. The number of nitrogens with one attached hydrogen (secondary N) is 2. The van der Waals surface area contributed by atoms with Crippen molar-refractivity contribution in [2.24, 2.45) is 5.92 Å². The smallest absolute Gasteiger partial charge is 0.228 e. The molecule has 1 aliphatic carbocycles. The number of hydrogen-bond donors (Lipinski definition) is 2. The van der Waals surface area contributed by atoms with Crippen LogP contribution in [0, 0.1) is 5.92 Å². The number of hydrogen-bond acceptors (Lipinski definition) is 2. The zero-order valence-corrected chi connectivity index (χ0v) is 13.1. The van der Waals surface area contributed by atoms with Crippen LogP contribution in [0.5, 0.6) is 0 Å². The first-order valence-electron chi connectivity index (χ1n) is 7.54. The number of anilines is 1. The van der Waals surface area contributed by atoms with Crippen molar-refractivity contribution in [3.05, 3.63) is 53.6 Å². The van der Waals surface area contributed by atoms with E-state index in [4.69, 9.17) is 0 Å². The maximum atomic E-state index is 12.2. The number of halogens is 1. The van der Waals surface area contributed by atoms with Crippen LogP contribution in [-0.4, -0.2) is 19.0 Å². The van der Waals surface area contributed by atoms with E-state index in [0.717, 1.165) is 31.6 Å². The summed E-state index contributed by atoms with van der Waals surface area (Å²) in [6, 6.07) is 14.8. The molecule has 1 fully saturated rings. The number of fused-ring (bicyclic) bond motifs is 3. The molecule has 0 spiro atoms. The molecule has 1 atom stereocenters. The molecule has 1 aliphatic heterocycles. The lowest BCUT2D eigenvalue weighted by Gasteiger charge is -2.11. The van der Waals surface area contributed by atoms with Gasteiger partial charge in [-0.1, -0.05) is 30.3 Å². The van der Waals surface area contributed by atoms with E-state index in [9.17, 15) is 4.79 Å². The normalized spacial score (nSPS) is 18.3. The van der Waals surface area contributed by atoms with E-state index in [1.54, 1.807) is 0 Å². The first-order valence-corrected chi connectivity index (χ1v) is 7.54. The summed E-state index contributed by atoms with van der Waals surface area (Å²) < 4.78 is 0. The summed E-state index contributed by atoms with van der Waals surface area (Å²) >= 11 is 0. The van der Waals surface area contributed by atoms with Crippen molar-refractivity contribution < 1.29 is 4.79 Å². The van der Waals surface area contributed by atoms with Crippen LogP contribution in [0.4, 0.5) is 5.69 Å². The Kier molecular flexibility index (Phi) is 4.19. The Morgan fingerprint density at radius 2 is 1.91 bits per heavy atom. The van der Waals surface area contributed by atoms with Crippen LogP contribution in [-0.2, 0) is 11.2 Å². The topological polar surface area (TPSA) is 41.1 Å². The van der Waals surface area contributed by atoms with Crippen LogP contribution in [0.3, 0.4) is 0 Å². The van der Waals surface area contributed by atoms with Gasteiger partial charge in [-0.05, 0) is 53.8 Å². The van der Waals surface area contributed by atoms with Gasteiger partial charge in [0.25, 0.3) is 0 Å². The zero-order chi connectivity index (χ0) is 14.2. The third-order valence-corrected chi connectivity index (χ3v) is 4.49. The average molecular weight is 315 g/mol. The highest BCUT2D eigenvalue weighted by atomic mass is 35.5. The molecule has 114 valence electrons. The van der Waals surface area contributed by atoms with Gasteiger partial charge in [-0.25, -0.2) is 0 Å². The quantitative estimate of drug-likeness (QED) is 0.762. The summed E-state index contributed by atoms with van der Waals surface area (Å²) in [5, 5.41) is 6.29. The van der Waals surface area contributed by atoms with Gasteiger partial charge in [-0.15, -0.1) is 12.4 Å². The molecule has 1 amide bonds. The zero-order valence-electron chi connectivity index (χ0n) is 12.3. The molecule has 1 saturated heterocycles. The summed E-state index contributed by atoms with van der Waals surface area (Å²) in [4.78, 5) is 12.2. The van der Waals surface area contributed by atoms with E-state index in [1.807, 2.05) is 6.07 Å². The largest absolute Gasteiger partial charge is 0.326 e. The summed E-state index contributed by atoms with van der Waals surface area (Å²) in [7, 11) is 0. The predicted octanol–water partition coefficient (Wildman–Crippen LogP) is 3.23. The van der Waals surface area contributed by atoms with Gasteiger partial charge in [-0.2, -0.15) is 0 Å². The molecular weight excluding hydrogens is 296 g/mol. The van der Waals surface area contributed by atoms with E-state index < -0.39 is 0 Å². The fraction of sp³-hybridized carbons (Fsp3) is 0.278. The fourth-order valence-electron chi connectivity index (χ4n) is 3.35. The summed E-state index contributed by atoms with van der Waals surface area (Å²) in [5.41, 5.74) is 6.21. The van der Waals surface area contributed by atoms with Crippen molar-refractivity contribution in [2.75, 3.05) is 18.4 Å². The Labute approximate surface area is 136 Å². The Bertz CT molecular complexity index is 708. The highest BCUT2D eigenvalue weighted by molar-refractivity contribution is 5.93. The van der Waals surface area contributed by atoms with Gasteiger partial charge >= 0.3 is 0 Å². The van der Waals surface area contributed by atoms with E-state index >= 15 is 0 Å². The van der Waals surface area contributed by atoms with Crippen LogP contribution in [0.2, 0.25) is 0 Å². The number of amides is 1. The van der Waals surface area contributed by atoms with E-state index in [0.29, 0.717) is 0 Å². The second kappa shape index (κ2) is 6.11. The van der Waals surface area contributed by atoms with Crippen LogP contribution in [0.1, 0.15) is 17.5 Å². The van der Waals surface area contributed by atoms with Crippen molar-refractivity contribution in [3.8, 4) is 11.1 Å². The van der Waals surface area contributed by atoms with Gasteiger partial charge < -0.3 is 10.6 Å². The lowest BCUT2D eigenvalue weighted by atomic mass is 10.0. The van der Waals surface area contributed by atoms with E-state index in [1.165, 1.54) is 22.3 Å². The highest BCUT2D eigenvalue weighted by Gasteiger charge is 2.23. The third kappa shape index (κ3) is 2.62. The van der Waals surface area contributed by atoms with Gasteiger partial charge in [0.2, 0.25) is 5.91 Å². The molecule has 2 aliphatic rings. The minimum atomic E-state index is 0. The standard InChI is InChI=1S/C18H18N2O.ClH/c21-18(13-7-8-19-11-13)20-15-5-6-17-14(10-15)9-12-3-1-2-4-16(12)17;/h1-6,10,13,19H,7-9,11H2,(H,20,21);1H. The van der Waals surface area contributed by atoms with Crippen LogP contribution in [0.25, 0.3) is 11.1 Å². The average Bonchev–Trinajstić information content (AvgIpc) is 3.14. The lowest BCUT2D eigenvalue weighted by molar-refractivity contribution is -0.119. The summed E-state index contributed by atoms with van der Waals surface area (Å²) in [6.07, 6.45) is 1.89. The Balaban J connectivity index is 0.00000144. The van der Waals surface area contributed by atoms with Crippen LogP contribution < -0.4 is 10.6 Å². The van der Waals surface area contributed by atoms with Crippen molar-refractivity contribution in [1.82, 2.24) is 5.32 Å². The fourth-order valence-corrected chi connectivity index (χ4v) is 3.35. The van der Waals surface area contributed by atoms with Crippen molar-refractivity contribution in [3.63, 3.8) is 0 Å². The Morgan fingerprint density at radius 1 is 1.09 bits per heavy atom. The molecule has 4 rings (SSSR count). The second-order valence-corrected chi connectivity index (χ2v) is 5.88. The molecular formula is C18H19ClN2O. The van der Waals surface area contributed by atoms with Gasteiger partial charge in [0.1, 0.15) is 0 Å². The Hall–Kier alpha value is -1.84. The number of rotatable bonds is 2.